The lowest BCUT2D eigenvalue weighted by Crippen LogP contribution is -2.51. The van der Waals surface area contributed by atoms with Gasteiger partial charge in [0.15, 0.2) is 0 Å². The van der Waals surface area contributed by atoms with Crippen molar-refractivity contribution >= 4 is 6.03 Å². The smallest absolute Gasteiger partial charge is 0.317 e. The number of carbonyl (C=O) groups excluding carboxylic acids is 1. The van der Waals surface area contributed by atoms with E-state index >= 15 is 0 Å². The maximum Gasteiger partial charge on any atom is 0.317 e. The molecule has 1 fully saturated rings. The van der Waals surface area contributed by atoms with Crippen LogP contribution in [0, 0.1) is 0 Å². The van der Waals surface area contributed by atoms with Gasteiger partial charge in [-0.05, 0) is 27.2 Å². The Bertz CT molecular complexity index is 204. The highest BCUT2D eigenvalue weighted by atomic mass is 16.3. The van der Waals surface area contributed by atoms with E-state index in [4.69, 9.17) is 0 Å². The second kappa shape index (κ2) is 3.54. The first-order chi connectivity index (χ1) is 6.00. The average molecular weight is 186 g/mol. The number of likely N-dealkylation sites (tertiary alicyclic amines) is 1. The second-order valence-corrected chi connectivity index (χ2v) is 3.95. The van der Waals surface area contributed by atoms with Crippen LogP contribution in [0.2, 0.25) is 0 Å². The van der Waals surface area contributed by atoms with Crippen molar-refractivity contribution in [2.24, 2.45) is 0 Å². The van der Waals surface area contributed by atoms with E-state index in [1.54, 1.807) is 4.90 Å². The number of carbonyl (C=O) groups is 1. The van der Waals surface area contributed by atoms with Crippen molar-refractivity contribution in [3.63, 3.8) is 0 Å². The van der Waals surface area contributed by atoms with Crippen molar-refractivity contribution in [1.29, 1.82) is 0 Å². The van der Waals surface area contributed by atoms with Gasteiger partial charge in [0.25, 0.3) is 0 Å². The number of rotatable bonds is 1. The summed E-state index contributed by atoms with van der Waals surface area (Å²) >= 11 is 0. The number of nitrogens with zero attached hydrogens (tertiary/aromatic N) is 1. The van der Waals surface area contributed by atoms with Crippen LogP contribution in [0.15, 0.2) is 0 Å². The predicted octanol–water partition coefficient (Wildman–Crippen LogP) is 0.561. The molecule has 1 unspecified atom stereocenters. The first kappa shape index (κ1) is 10.3. The van der Waals surface area contributed by atoms with Crippen molar-refractivity contribution in [2.45, 2.75) is 38.8 Å². The van der Waals surface area contributed by atoms with Gasteiger partial charge in [0, 0.05) is 13.1 Å². The minimum absolute atomic E-state index is 0.0796. The number of hydrogen-bond donors (Lipinski definition) is 2. The molecule has 0 aromatic heterocycles. The normalized spacial score (nSPS) is 26.2. The lowest BCUT2D eigenvalue weighted by molar-refractivity contribution is 0.0698. The molecule has 1 atom stereocenters. The van der Waals surface area contributed by atoms with Crippen molar-refractivity contribution in [1.82, 2.24) is 10.2 Å². The van der Waals surface area contributed by atoms with Crippen LogP contribution in [0.25, 0.3) is 0 Å². The summed E-state index contributed by atoms with van der Waals surface area (Å²) in [5.41, 5.74) is -0.431. The SMILES string of the molecule is CCNC(=O)N1CCC(O)C1(C)C. The summed E-state index contributed by atoms with van der Waals surface area (Å²) < 4.78 is 0. The Hall–Kier alpha value is -0.770. The molecule has 1 saturated heterocycles. The number of urea groups is 1. The third kappa shape index (κ3) is 1.77. The fourth-order valence-corrected chi connectivity index (χ4v) is 1.68. The molecule has 13 heavy (non-hydrogen) atoms. The second-order valence-electron chi connectivity index (χ2n) is 3.95. The summed E-state index contributed by atoms with van der Waals surface area (Å²) in [6.07, 6.45) is 0.263. The predicted molar refractivity (Wildman–Crippen MR) is 50.5 cm³/mol. The Kier molecular flexibility index (Phi) is 2.81. The number of aliphatic hydroxyl groups excluding tert-OH is 1. The zero-order valence-electron chi connectivity index (χ0n) is 8.50. The Balaban J connectivity index is 2.66. The van der Waals surface area contributed by atoms with Crippen LogP contribution in [-0.4, -0.2) is 40.8 Å². The average Bonchev–Trinajstić information content (AvgIpc) is 2.28. The molecule has 0 spiro atoms. The van der Waals surface area contributed by atoms with E-state index in [0.717, 1.165) is 0 Å². The van der Waals surface area contributed by atoms with Gasteiger partial charge in [0.05, 0.1) is 11.6 Å². The molecule has 0 aromatic carbocycles. The molecule has 0 aliphatic carbocycles. The molecule has 4 nitrogen and oxygen atoms in total. The number of hydrogen-bond acceptors (Lipinski definition) is 2. The zero-order valence-corrected chi connectivity index (χ0v) is 8.50. The summed E-state index contributed by atoms with van der Waals surface area (Å²) in [5, 5.41) is 12.4. The van der Waals surface area contributed by atoms with Gasteiger partial charge < -0.3 is 15.3 Å². The van der Waals surface area contributed by atoms with E-state index in [-0.39, 0.29) is 6.03 Å². The van der Waals surface area contributed by atoms with Crippen LogP contribution in [0.3, 0.4) is 0 Å². The van der Waals surface area contributed by atoms with Crippen LogP contribution in [0.1, 0.15) is 27.2 Å². The third-order valence-corrected chi connectivity index (χ3v) is 2.71. The fourth-order valence-electron chi connectivity index (χ4n) is 1.68. The summed E-state index contributed by atoms with van der Waals surface area (Å²) in [6, 6.07) is -0.0796. The Morgan fingerprint density at radius 1 is 1.69 bits per heavy atom. The lowest BCUT2D eigenvalue weighted by Gasteiger charge is -2.33. The number of amides is 2. The number of nitrogens with one attached hydrogen (secondary N) is 1. The molecule has 0 radical (unpaired) electrons. The van der Waals surface area contributed by atoms with E-state index in [0.29, 0.717) is 19.5 Å². The van der Waals surface area contributed by atoms with E-state index in [1.807, 2.05) is 20.8 Å². The molecule has 0 bridgehead atoms. The monoisotopic (exact) mass is 186 g/mol. The summed E-state index contributed by atoms with van der Waals surface area (Å²) in [4.78, 5) is 13.2. The molecule has 2 N–H and O–H groups in total. The minimum atomic E-state index is -0.431. The molecule has 1 aliphatic rings. The van der Waals surface area contributed by atoms with Gasteiger partial charge >= 0.3 is 6.03 Å². The summed E-state index contributed by atoms with van der Waals surface area (Å²) in [6.45, 7) is 6.93. The van der Waals surface area contributed by atoms with Crippen LogP contribution in [0.4, 0.5) is 4.79 Å². The van der Waals surface area contributed by atoms with E-state index in [9.17, 15) is 9.90 Å². The maximum atomic E-state index is 11.5. The van der Waals surface area contributed by atoms with Gasteiger partial charge in [-0.3, -0.25) is 0 Å². The largest absolute Gasteiger partial charge is 0.391 e. The lowest BCUT2D eigenvalue weighted by atomic mass is 9.99. The van der Waals surface area contributed by atoms with Crippen LogP contribution in [-0.2, 0) is 0 Å². The summed E-state index contributed by atoms with van der Waals surface area (Å²) in [5.74, 6) is 0. The van der Waals surface area contributed by atoms with E-state index in [2.05, 4.69) is 5.32 Å². The molecule has 0 aromatic rings. The van der Waals surface area contributed by atoms with Gasteiger partial charge in [-0.25, -0.2) is 4.79 Å². The van der Waals surface area contributed by atoms with Gasteiger partial charge in [-0.2, -0.15) is 0 Å². The minimum Gasteiger partial charge on any atom is -0.391 e. The van der Waals surface area contributed by atoms with Crippen molar-refractivity contribution < 1.29 is 9.90 Å². The molecule has 1 aliphatic heterocycles. The Morgan fingerprint density at radius 3 is 2.69 bits per heavy atom. The first-order valence-electron chi connectivity index (χ1n) is 4.73. The van der Waals surface area contributed by atoms with Gasteiger partial charge in [0.1, 0.15) is 0 Å². The molecular formula is C9H18N2O2. The van der Waals surface area contributed by atoms with Crippen molar-refractivity contribution in [3.8, 4) is 0 Å². The molecular weight excluding hydrogens is 168 g/mol. The highest BCUT2D eigenvalue weighted by Crippen LogP contribution is 2.28. The van der Waals surface area contributed by atoms with Gasteiger partial charge in [-0.15, -0.1) is 0 Å². The molecule has 4 heteroatoms. The standard InChI is InChI=1S/C9H18N2O2/c1-4-10-8(13)11-6-5-7(12)9(11,2)3/h7,12H,4-6H2,1-3H3,(H,10,13). The van der Waals surface area contributed by atoms with Gasteiger partial charge in [-0.1, -0.05) is 0 Å². The molecule has 2 amide bonds. The van der Waals surface area contributed by atoms with Crippen LogP contribution < -0.4 is 5.32 Å². The zero-order chi connectivity index (χ0) is 10.1. The Labute approximate surface area is 78.9 Å². The van der Waals surface area contributed by atoms with Crippen molar-refractivity contribution in [2.75, 3.05) is 13.1 Å². The first-order valence-corrected chi connectivity index (χ1v) is 4.73. The van der Waals surface area contributed by atoms with E-state index < -0.39 is 11.6 Å². The quantitative estimate of drug-likeness (QED) is 0.628. The van der Waals surface area contributed by atoms with Crippen LogP contribution >= 0.6 is 0 Å². The highest BCUT2D eigenvalue weighted by molar-refractivity contribution is 5.75. The molecule has 76 valence electrons. The molecule has 0 saturated carbocycles. The summed E-state index contributed by atoms with van der Waals surface area (Å²) in [7, 11) is 0. The molecule has 1 heterocycles. The number of aliphatic hydroxyl groups is 1. The van der Waals surface area contributed by atoms with Gasteiger partial charge in [0.2, 0.25) is 0 Å². The third-order valence-electron chi connectivity index (χ3n) is 2.71. The Morgan fingerprint density at radius 2 is 2.31 bits per heavy atom. The fraction of sp³-hybridized carbons (Fsp3) is 0.889. The van der Waals surface area contributed by atoms with Crippen molar-refractivity contribution in [3.05, 3.63) is 0 Å². The van der Waals surface area contributed by atoms with Crippen LogP contribution in [0.5, 0.6) is 0 Å². The topological polar surface area (TPSA) is 52.6 Å². The van der Waals surface area contributed by atoms with E-state index in [1.165, 1.54) is 0 Å². The maximum absolute atomic E-state index is 11.5. The highest BCUT2D eigenvalue weighted by Gasteiger charge is 2.42. The molecule has 1 rings (SSSR count).